The first-order valence-corrected chi connectivity index (χ1v) is 5.40. The zero-order valence-corrected chi connectivity index (χ0v) is 10.1. The second-order valence-corrected chi connectivity index (χ2v) is 3.85. The number of esters is 1. The molecule has 2 heterocycles. The van der Waals surface area contributed by atoms with E-state index >= 15 is 0 Å². The van der Waals surface area contributed by atoms with Crippen molar-refractivity contribution in [1.82, 2.24) is 9.97 Å². The van der Waals surface area contributed by atoms with Gasteiger partial charge in [-0.25, -0.2) is 9.97 Å². The predicted octanol–water partition coefficient (Wildman–Crippen LogP) is 0.0111. The van der Waals surface area contributed by atoms with Crippen LogP contribution >= 0.6 is 0 Å². The highest BCUT2D eigenvalue weighted by Crippen LogP contribution is 2.23. The summed E-state index contributed by atoms with van der Waals surface area (Å²) < 4.78 is 9.56. The average molecular weight is 251 g/mol. The van der Waals surface area contributed by atoms with E-state index in [1.807, 2.05) is 0 Å². The second kappa shape index (κ2) is 4.99. The van der Waals surface area contributed by atoms with Crippen LogP contribution in [-0.2, 0) is 14.3 Å². The monoisotopic (exact) mass is 251 g/mol. The first kappa shape index (κ1) is 12.3. The zero-order valence-electron chi connectivity index (χ0n) is 10.1. The van der Waals surface area contributed by atoms with Crippen molar-refractivity contribution in [3.63, 3.8) is 0 Å². The number of hydrogen-bond donors (Lipinski definition) is 0. The lowest BCUT2D eigenvalue weighted by Crippen LogP contribution is -2.27. The van der Waals surface area contributed by atoms with Crippen LogP contribution in [0.5, 0.6) is 5.75 Å². The van der Waals surface area contributed by atoms with Crippen LogP contribution in [0.15, 0.2) is 12.4 Å². The largest absolute Gasteiger partial charge is 0.494 e. The van der Waals surface area contributed by atoms with Crippen molar-refractivity contribution < 1.29 is 19.1 Å². The molecule has 7 heteroatoms. The summed E-state index contributed by atoms with van der Waals surface area (Å²) >= 11 is 0. The summed E-state index contributed by atoms with van der Waals surface area (Å²) in [4.78, 5) is 32.6. The van der Waals surface area contributed by atoms with E-state index in [1.165, 1.54) is 31.5 Å². The Morgan fingerprint density at radius 1 is 1.39 bits per heavy atom. The Hall–Kier alpha value is -2.18. The van der Waals surface area contributed by atoms with E-state index < -0.39 is 5.92 Å². The van der Waals surface area contributed by atoms with Gasteiger partial charge in [0.05, 0.1) is 32.5 Å². The van der Waals surface area contributed by atoms with Crippen molar-refractivity contribution in [3.05, 3.63) is 12.4 Å². The van der Waals surface area contributed by atoms with E-state index in [0.717, 1.165) is 0 Å². The first-order valence-electron chi connectivity index (χ1n) is 5.40. The molecule has 1 amide bonds. The van der Waals surface area contributed by atoms with E-state index in [2.05, 4.69) is 14.7 Å². The highest BCUT2D eigenvalue weighted by Gasteiger charge is 2.36. The van der Waals surface area contributed by atoms with E-state index in [1.54, 1.807) is 0 Å². The number of hydrogen-bond acceptors (Lipinski definition) is 6. The number of carbonyl (C=O) groups is 2. The van der Waals surface area contributed by atoms with Gasteiger partial charge in [-0.1, -0.05) is 0 Å². The number of methoxy groups -OCH3 is 2. The molecule has 96 valence electrons. The van der Waals surface area contributed by atoms with Gasteiger partial charge in [-0.05, 0) is 0 Å². The predicted molar refractivity (Wildman–Crippen MR) is 61.1 cm³/mol. The molecule has 2 rings (SSSR count). The molecule has 1 saturated heterocycles. The molecule has 1 aromatic rings. The maximum absolute atomic E-state index is 11.8. The molecule has 0 spiro atoms. The number of amides is 1. The summed E-state index contributed by atoms with van der Waals surface area (Å²) in [6.45, 7) is 0.248. The van der Waals surface area contributed by atoms with Gasteiger partial charge >= 0.3 is 5.97 Å². The van der Waals surface area contributed by atoms with Crippen LogP contribution in [0.4, 0.5) is 5.95 Å². The number of nitrogens with zero attached hydrogens (tertiary/aromatic N) is 3. The highest BCUT2D eigenvalue weighted by molar-refractivity contribution is 5.98. The molecule has 0 radical (unpaired) electrons. The fourth-order valence-electron chi connectivity index (χ4n) is 1.78. The molecule has 1 aliphatic heterocycles. The Morgan fingerprint density at radius 2 is 2.06 bits per heavy atom. The molecule has 0 aliphatic carbocycles. The van der Waals surface area contributed by atoms with Crippen LogP contribution in [0.2, 0.25) is 0 Å². The quantitative estimate of drug-likeness (QED) is 0.704. The lowest BCUT2D eigenvalue weighted by Gasteiger charge is -2.13. The van der Waals surface area contributed by atoms with Gasteiger partial charge in [-0.3, -0.25) is 14.5 Å². The molecule has 1 unspecified atom stereocenters. The third-order valence-electron chi connectivity index (χ3n) is 2.75. The minimum absolute atomic E-state index is 0.127. The Labute approximate surface area is 104 Å². The molecule has 1 aromatic heterocycles. The molecule has 1 atom stereocenters. The SMILES string of the molecule is COC(=O)C1CC(=O)N(c2ncc(OC)cn2)C1. The molecule has 0 bridgehead atoms. The lowest BCUT2D eigenvalue weighted by molar-refractivity contribution is -0.145. The summed E-state index contributed by atoms with van der Waals surface area (Å²) in [6.07, 6.45) is 3.07. The molecular weight excluding hydrogens is 238 g/mol. The van der Waals surface area contributed by atoms with Gasteiger partial charge in [0, 0.05) is 13.0 Å². The minimum atomic E-state index is -0.451. The topological polar surface area (TPSA) is 81.6 Å². The first-order chi connectivity index (χ1) is 8.65. The Bertz CT molecular complexity index is 460. The second-order valence-electron chi connectivity index (χ2n) is 3.85. The Kier molecular flexibility index (Phi) is 3.40. The van der Waals surface area contributed by atoms with Crippen molar-refractivity contribution in [2.45, 2.75) is 6.42 Å². The third kappa shape index (κ3) is 2.24. The van der Waals surface area contributed by atoms with E-state index in [4.69, 9.17) is 4.74 Å². The molecular formula is C11H13N3O4. The van der Waals surface area contributed by atoms with E-state index in [0.29, 0.717) is 5.75 Å². The van der Waals surface area contributed by atoms with Gasteiger partial charge in [0.2, 0.25) is 11.9 Å². The van der Waals surface area contributed by atoms with Gasteiger partial charge < -0.3 is 9.47 Å². The van der Waals surface area contributed by atoms with Crippen LogP contribution in [-0.4, -0.2) is 42.6 Å². The maximum atomic E-state index is 11.8. The third-order valence-corrected chi connectivity index (χ3v) is 2.75. The number of rotatable bonds is 3. The summed E-state index contributed by atoms with van der Waals surface area (Å²) in [5.74, 6) is -0.245. The normalized spacial score (nSPS) is 18.9. The fraction of sp³-hybridized carbons (Fsp3) is 0.455. The van der Waals surface area contributed by atoms with Crippen molar-refractivity contribution in [1.29, 1.82) is 0 Å². The smallest absolute Gasteiger partial charge is 0.311 e. The number of aromatic nitrogens is 2. The number of anilines is 1. The summed E-state index contributed by atoms with van der Waals surface area (Å²) in [5, 5.41) is 0. The van der Waals surface area contributed by atoms with Gasteiger partial charge in [0.15, 0.2) is 5.75 Å². The Balaban J connectivity index is 2.13. The van der Waals surface area contributed by atoms with Crippen LogP contribution in [0.3, 0.4) is 0 Å². The number of carbonyl (C=O) groups excluding carboxylic acids is 2. The average Bonchev–Trinajstić information content (AvgIpc) is 2.80. The van der Waals surface area contributed by atoms with Crippen molar-refractivity contribution in [3.8, 4) is 5.75 Å². The molecule has 18 heavy (non-hydrogen) atoms. The van der Waals surface area contributed by atoms with Crippen LogP contribution in [0, 0.1) is 5.92 Å². The maximum Gasteiger partial charge on any atom is 0.311 e. The van der Waals surface area contributed by atoms with Crippen molar-refractivity contribution in [2.24, 2.45) is 5.92 Å². The molecule has 1 aliphatic rings. The van der Waals surface area contributed by atoms with E-state index in [-0.39, 0.29) is 30.8 Å². The number of ether oxygens (including phenoxy) is 2. The molecule has 7 nitrogen and oxygen atoms in total. The lowest BCUT2D eigenvalue weighted by atomic mass is 10.1. The van der Waals surface area contributed by atoms with Crippen LogP contribution in [0.1, 0.15) is 6.42 Å². The van der Waals surface area contributed by atoms with Crippen molar-refractivity contribution in [2.75, 3.05) is 25.7 Å². The van der Waals surface area contributed by atoms with Gasteiger partial charge in [-0.15, -0.1) is 0 Å². The minimum Gasteiger partial charge on any atom is -0.494 e. The fourth-order valence-corrected chi connectivity index (χ4v) is 1.78. The molecule has 1 fully saturated rings. The standard InChI is InChI=1S/C11H13N3O4/c1-17-8-4-12-11(13-5-8)14-6-7(3-9(14)15)10(16)18-2/h4-5,7H,3,6H2,1-2H3. The highest BCUT2D eigenvalue weighted by atomic mass is 16.5. The Morgan fingerprint density at radius 3 is 2.61 bits per heavy atom. The van der Waals surface area contributed by atoms with Crippen LogP contribution in [0.25, 0.3) is 0 Å². The van der Waals surface area contributed by atoms with Gasteiger partial charge in [0.1, 0.15) is 0 Å². The van der Waals surface area contributed by atoms with Crippen molar-refractivity contribution >= 4 is 17.8 Å². The van der Waals surface area contributed by atoms with Gasteiger partial charge in [-0.2, -0.15) is 0 Å². The van der Waals surface area contributed by atoms with Gasteiger partial charge in [0.25, 0.3) is 0 Å². The summed E-state index contributed by atoms with van der Waals surface area (Å²) in [7, 11) is 2.81. The zero-order chi connectivity index (χ0) is 13.1. The molecule has 0 N–H and O–H groups in total. The van der Waals surface area contributed by atoms with E-state index in [9.17, 15) is 9.59 Å². The van der Waals surface area contributed by atoms with Crippen LogP contribution < -0.4 is 9.64 Å². The molecule has 0 saturated carbocycles. The summed E-state index contributed by atoms with van der Waals surface area (Å²) in [5.41, 5.74) is 0. The summed E-state index contributed by atoms with van der Waals surface area (Å²) in [6, 6.07) is 0. The molecule has 0 aromatic carbocycles.